The molecule has 1 heterocycles. The Hall–Kier alpha value is -2.49. The fourth-order valence-electron chi connectivity index (χ4n) is 2.33. The van der Waals surface area contributed by atoms with E-state index in [1.165, 1.54) is 0 Å². The van der Waals surface area contributed by atoms with Crippen molar-refractivity contribution in [2.24, 2.45) is 0 Å². The predicted molar refractivity (Wildman–Crippen MR) is 74.3 cm³/mol. The van der Waals surface area contributed by atoms with E-state index < -0.39 is 0 Å². The Labute approximate surface area is 109 Å². The van der Waals surface area contributed by atoms with E-state index in [0.29, 0.717) is 11.3 Å². The molecule has 0 radical (unpaired) electrons. The number of carbonyl (C=O) groups is 1. The van der Waals surface area contributed by atoms with Gasteiger partial charge in [-0.25, -0.2) is 0 Å². The maximum absolute atomic E-state index is 11.0. The molecular formula is C15H13NO3. The molecule has 3 rings (SSSR count). The molecule has 4 heteroatoms. The summed E-state index contributed by atoms with van der Waals surface area (Å²) in [4.78, 5) is 14.3. The molecule has 0 aliphatic heterocycles. The number of hydrogen-bond acceptors (Lipinski definition) is 3. The Kier molecular flexibility index (Phi) is 2.63. The minimum absolute atomic E-state index is 0.598. The van der Waals surface area contributed by atoms with Crippen LogP contribution in [-0.4, -0.2) is 25.5 Å². The van der Waals surface area contributed by atoms with Crippen LogP contribution < -0.4 is 9.47 Å². The molecule has 0 saturated carbocycles. The number of hydrogen-bond donors (Lipinski definition) is 1. The number of benzene rings is 2. The molecule has 0 saturated heterocycles. The fraction of sp³-hybridized carbons (Fsp3) is 0.133. The van der Waals surface area contributed by atoms with E-state index >= 15 is 0 Å². The third-order valence-corrected chi connectivity index (χ3v) is 3.26. The van der Waals surface area contributed by atoms with Gasteiger partial charge in [0.15, 0.2) is 0 Å². The highest BCUT2D eigenvalue weighted by Gasteiger charge is 2.11. The van der Waals surface area contributed by atoms with Gasteiger partial charge >= 0.3 is 0 Å². The van der Waals surface area contributed by atoms with Crippen molar-refractivity contribution in [2.45, 2.75) is 0 Å². The molecule has 1 N–H and O–H groups in total. The van der Waals surface area contributed by atoms with Gasteiger partial charge in [0.2, 0.25) is 0 Å². The highest BCUT2D eigenvalue weighted by Crippen LogP contribution is 2.34. The zero-order valence-corrected chi connectivity index (χ0v) is 10.7. The molecule has 0 atom stereocenters. The Bertz CT molecular complexity index is 774. The molecular weight excluding hydrogens is 242 g/mol. The van der Waals surface area contributed by atoms with E-state index in [1.54, 1.807) is 20.3 Å². The molecule has 0 aliphatic rings. The molecule has 0 bridgehead atoms. The molecule has 19 heavy (non-hydrogen) atoms. The Morgan fingerprint density at radius 3 is 2.58 bits per heavy atom. The van der Waals surface area contributed by atoms with Gasteiger partial charge in [0.05, 0.1) is 25.3 Å². The average Bonchev–Trinajstić information content (AvgIpc) is 2.83. The molecule has 0 unspecified atom stereocenters. The van der Waals surface area contributed by atoms with E-state index in [4.69, 9.17) is 9.47 Å². The van der Waals surface area contributed by atoms with Crippen molar-refractivity contribution in [1.82, 2.24) is 4.98 Å². The Balaban J connectivity index is 2.41. The zero-order chi connectivity index (χ0) is 13.4. The van der Waals surface area contributed by atoms with Crippen LogP contribution in [0.3, 0.4) is 0 Å². The van der Waals surface area contributed by atoms with Crippen LogP contribution in [0.1, 0.15) is 10.4 Å². The van der Waals surface area contributed by atoms with E-state index in [1.807, 2.05) is 24.3 Å². The number of aromatic nitrogens is 1. The van der Waals surface area contributed by atoms with Gasteiger partial charge in [-0.3, -0.25) is 4.79 Å². The summed E-state index contributed by atoms with van der Waals surface area (Å²) < 4.78 is 10.5. The van der Waals surface area contributed by atoms with Crippen LogP contribution >= 0.6 is 0 Å². The lowest BCUT2D eigenvalue weighted by molar-refractivity contribution is 0.112. The molecule has 0 spiro atoms. The first kappa shape index (κ1) is 11.6. The second-order valence-corrected chi connectivity index (χ2v) is 4.30. The van der Waals surface area contributed by atoms with Crippen molar-refractivity contribution in [1.29, 1.82) is 0 Å². The number of carbonyl (C=O) groups excluding carboxylic acids is 1. The van der Waals surface area contributed by atoms with Crippen LogP contribution in [0.25, 0.3) is 21.8 Å². The maximum Gasteiger partial charge on any atom is 0.150 e. The number of aldehydes is 1. The van der Waals surface area contributed by atoms with Crippen LogP contribution in [0.2, 0.25) is 0 Å². The first-order chi connectivity index (χ1) is 9.26. The normalized spacial score (nSPS) is 10.8. The lowest BCUT2D eigenvalue weighted by atomic mass is 10.1. The largest absolute Gasteiger partial charge is 0.497 e. The third-order valence-electron chi connectivity index (χ3n) is 3.26. The minimum atomic E-state index is 0.598. The maximum atomic E-state index is 11.0. The van der Waals surface area contributed by atoms with Crippen LogP contribution in [0, 0.1) is 0 Å². The summed E-state index contributed by atoms with van der Waals surface area (Å²) in [5.41, 5.74) is 2.44. The van der Waals surface area contributed by atoms with E-state index in [2.05, 4.69) is 4.98 Å². The van der Waals surface area contributed by atoms with Crippen molar-refractivity contribution < 1.29 is 14.3 Å². The highest BCUT2D eigenvalue weighted by molar-refractivity contribution is 6.10. The lowest BCUT2D eigenvalue weighted by Gasteiger charge is -2.02. The lowest BCUT2D eigenvalue weighted by Crippen LogP contribution is -1.87. The second-order valence-electron chi connectivity index (χ2n) is 4.30. The molecule has 0 aliphatic carbocycles. The number of H-pyrrole nitrogens is 1. The summed E-state index contributed by atoms with van der Waals surface area (Å²) in [6.07, 6.45) is 0.824. The first-order valence-electron chi connectivity index (χ1n) is 5.89. The molecule has 96 valence electrons. The monoisotopic (exact) mass is 255 g/mol. The van der Waals surface area contributed by atoms with Crippen LogP contribution in [-0.2, 0) is 0 Å². The molecule has 2 aromatic carbocycles. The van der Waals surface area contributed by atoms with E-state index in [0.717, 1.165) is 33.8 Å². The highest BCUT2D eigenvalue weighted by atomic mass is 16.5. The van der Waals surface area contributed by atoms with Gasteiger partial charge in [-0.1, -0.05) is 0 Å². The topological polar surface area (TPSA) is 51.3 Å². The summed E-state index contributed by atoms with van der Waals surface area (Å²) in [6.45, 7) is 0. The van der Waals surface area contributed by atoms with Gasteiger partial charge in [0, 0.05) is 22.4 Å². The summed E-state index contributed by atoms with van der Waals surface area (Å²) in [6, 6.07) is 9.38. The summed E-state index contributed by atoms with van der Waals surface area (Å²) in [5, 5.41) is 2.01. The van der Waals surface area contributed by atoms with Gasteiger partial charge in [0.25, 0.3) is 0 Å². The van der Waals surface area contributed by atoms with Crippen molar-refractivity contribution in [3.05, 3.63) is 35.9 Å². The summed E-state index contributed by atoms with van der Waals surface area (Å²) >= 11 is 0. The Morgan fingerprint density at radius 2 is 1.89 bits per heavy atom. The second kappa shape index (κ2) is 4.31. The van der Waals surface area contributed by atoms with Crippen molar-refractivity contribution in [3.63, 3.8) is 0 Å². The van der Waals surface area contributed by atoms with Crippen molar-refractivity contribution in [2.75, 3.05) is 14.2 Å². The molecule has 0 amide bonds. The van der Waals surface area contributed by atoms with Crippen LogP contribution in [0.5, 0.6) is 11.5 Å². The third kappa shape index (κ3) is 1.73. The predicted octanol–water partition coefficient (Wildman–Crippen LogP) is 3.15. The first-order valence-corrected chi connectivity index (χ1v) is 5.89. The number of methoxy groups -OCH3 is 2. The van der Waals surface area contributed by atoms with Crippen LogP contribution in [0.4, 0.5) is 0 Å². The fourth-order valence-corrected chi connectivity index (χ4v) is 2.33. The molecule has 0 fully saturated rings. The molecule has 4 nitrogen and oxygen atoms in total. The summed E-state index contributed by atoms with van der Waals surface area (Å²) in [5.74, 6) is 1.45. The number of fused-ring (bicyclic) bond motifs is 3. The van der Waals surface area contributed by atoms with E-state index in [9.17, 15) is 4.79 Å². The Morgan fingerprint density at radius 1 is 1.05 bits per heavy atom. The van der Waals surface area contributed by atoms with Crippen molar-refractivity contribution in [3.8, 4) is 11.5 Å². The quantitative estimate of drug-likeness (QED) is 0.731. The summed E-state index contributed by atoms with van der Waals surface area (Å²) in [7, 11) is 3.23. The van der Waals surface area contributed by atoms with Gasteiger partial charge in [-0.15, -0.1) is 0 Å². The number of aromatic amines is 1. The number of rotatable bonds is 3. The van der Waals surface area contributed by atoms with Gasteiger partial charge < -0.3 is 14.5 Å². The van der Waals surface area contributed by atoms with E-state index in [-0.39, 0.29) is 0 Å². The minimum Gasteiger partial charge on any atom is -0.497 e. The average molecular weight is 255 g/mol. The van der Waals surface area contributed by atoms with Gasteiger partial charge in [0.1, 0.15) is 17.8 Å². The van der Waals surface area contributed by atoms with Gasteiger partial charge in [-0.2, -0.15) is 0 Å². The van der Waals surface area contributed by atoms with Crippen LogP contribution in [0.15, 0.2) is 30.3 Å². The number of nitrogens with one attached hydrogen (secondary N) is 1. The SMILES string of the molecule is COc1ccc2c(c1)[nH]c1c(OC)cc(C=O)cc12. The van der Waals surface area contributed by atoms with Gasteiger partial charge in [-0.05, 0) is 24.3 Å². The van der Waals surface area contributed by atoms with Crippen molar-refractivity contribution >= 4 is 28.1 Å². The standard InChI is InChI=1S/C15H13NO3/c1-18-10-3-4-11-12-5-9(8-17)6-14(19-2)15(12)16-13(11)7-10/h3-8,16H,1-2H3. The molecule has 3 aromatic rings. The number of ether oxygens (including phenoxy) is 2. The molecule has 1 aromatic heterocycles. The smallest absolute Gasteiger partial charge is 0.150 e. The zero-order valence-electron chi connectivity index (χ0n) is 10.7.